The summed E-state index contributed by atoms with van der Waals surface area (Å²) in [6.45, 7) is 4.99. The highest BCUT2D eigenvalue weighted by molar-refractivity contribution is 7.99. The average Bonchev–Trinajstić information content (AvgIpc) is 3.67. The molecule has 56 heavy (non-hydrogen) atoms. The van der Waals surface area contributed by atoms with Gasteiger partial charge in [0.15, 0.2) is 40.0 Å². The van der Waals surface area contributed by atoms with Crippen LogP contribution < -0.4 is 29.0 Å². The number of piperazine rings is 1. The second-order valence-corrected chi connectivity index (χ2v) is 16.4. The molecule has 2 fully saturated rings. The van der Waals surface area contributed by atoms with E-state index in [4.69, 9.17) is 28.4 Å². The molecule has 5 N–H and O–H groups in total. The van der Waals surface area contributed by atoms with Gasteiger partial charge >= 0.3 is 11.9 Å². The standard InChI is InChI=1S/C40H45N3O12S/c1-17-10-21-11-23-38(48)43-24-14-52-39(49)40(22-13-26(50-4)25(46)12-20(22)6-7-42(40)8-9-44)15-56-37(31(43)30(41-23)27(21)32(47)33(17)51-5)29-28(24)36-35(53-16-54-36)18(2)34(29)55-19(3)45/h10,12-13,23-24,30-31,37-38,41,44,46-48H,6-9,11,14-16H2,1-5H3/t23-,24-,30+,31+,37+,38-,40+/m0/s1. The molecule has 16 heteroatoms. The van der Waals surface area contributed by atoms with Gasteiger partial charge in [0.1, 0.15) is 18.6 Å². The SMILES string of the molecule is COc1cc2c(cc1O)CCN(CCO)[C@]21CS[C@@H]2c3c(OC(C)=O)c(C)c4c(c3[C@H](COC1=O)N1[C@@H]2[C@@H]2N[C@@H](Cc3cc(C)c(OC)c(O)c32)[C@@H]1O)OCO4. The fraction of sp³-hybridized carbons (Fsp3) is 0.500. The Bertz CT molecular complexity index is 2170. The van der Waals surface area contributed by atoms with Crippen molar-refractivity contribution in [2.24, 2.45) is 0 Å². The Hall–Kier alpha value is -4.45. The molecule has 2 saturated heterocycles. The van der Waals surface area contributed by atoms with Crippen LogP contribution in [0.1, 0.15) is 68.8 Å². The van der Waals surface area contributed by atoms with Crippen molar-refractivity contribution in [3.05, 3.63) is 62.7 Å². The van der Waals surface area contributed by atoms with Gasteiger partial charge in [0.2, 0.25) is 6.79 Å². The van der Waals surface area contributed by atoms with Crippen LogP contribution in [0.3, 0.4) is 0 Å². The number of nitrogens with one attached hydrogen (secondary N) is 1. The van der Waals surface area contributed by atoms with E-state index in [9.17, 15) is 25.2 Å². The molecule has 0 radical (unpaired) electrons. The topological polar surface area (TPSA) is 189 Å². The quantitative estimate of drug-likeness (QED) is 0.187. The third-order valence-electron chi connectivity index (χ3n) is 12.5. The Morgan fingerprint density at radius 3 is 2.55 bits per heavy atom. The smallest absolute Gasteiger partial charge is 0.332 e. The summed E-state index contributed by atoms with van der Waals surface area (Å²) in [5.41, 5.74) is 3.92. The molecular formula is C40H45N3O12S. The monoisotopic (exact) mass is 791 g/mol. The third kappa shape index (κ3) is 5.15. The summed E-state index contributed by atoms with van der Waals surface area (Å²) >= 11 is 1.42. The molecule has 7 heterocycles. The van der Waals surface area contributed by atoms with Gasteiger partial charge in [-0.25, -0.2) is 4.79 Å². The first-order valence-corrected chi connectivity index (χ1v) is 19.8. The van der Waals surface area contributed by atoms with Crippen molar-refractivity contribution in [3.63, 3.8) is 0 Å². The molecule has 0 aliphatic carbocycles. The summed E-state index contributed by atoms with van der Waals surface area (Å²) in [6.07, 6.45) is -0.193. The van der Waals surface area contributed by atoms with E-state index in [1.54, 1.807) is 19.1 Å². The van der Waals surface area contributed by atoms with Gasteiger partial charge in [-0.05, 0) is 61.1 Å². The number of nitrogens with zero attached hydrogens (tertiary/aromatic N) is 2. The molecule has 0 saturated carbocycles. The number of aliphatic hydroxyl groups is 2. The van der Waals surface area contributed by atoms with Gasteiger partial charge in [-0.1, -0.05) is 6.07 Å². The summed E-state index contributed by atoms with van der Waals surface area (Å²) in [5.74, 6) is 0.566. The Labute approximate surface area is 327 Å². The fourth-order valence-corrected chi connectivity index (χ4v) is 12.0. The predicted molar refractivity (Wildman–Crippen MR) is 201 cm³/mol. The first-order chi connectivity index (χ1) is 26.9. The highest BCUT2D eigenvalue weighted by Gasteiger charge is 2.61. The summed E-state index contributed by atoms with van der Waals surface area (Å²) in [5, 5.41) is 48.6. The molecule has 3 aromatic rings. The van der Waals surface area contributed by atoms with Crippen molar-refractivity contribution in [2.75, 3.05) is 53.1 Å². The number of hydrogen-bond acceptors (Lipinski definition) is 16. The van der Waals surface area contributed by atoms with E-state index in [1.807, 2.05) is 22.8 Å². The largest absolute Gasteiger partial charge is 0.504 e. The number of thioether (sulfide) groups is 1. The maximum Gasteiger partial charge on any atom is 0.332 e. The summed E-state index contributed by atoms with van der Waals surface area (Å²) in [7, 11) is 2.96. The molecule has 0 amide bonds. The van der Waals surface area contributed by atoms with E-state index in [2.05, 4.69) is 5.32 Å². The van der Waals surface area contributed by atoms with Gasteiger partial charge in [0.25, 0.3) is 0 Å². The van der Waals surface area contributed by atoms with Crippen molar-refractivity contribution in [1.29, 1.82) is 0 Å². The number of phenols is 2. The normalized spacial score (nSPS) is 28.8. The number of phenolic OH excluding ortho intramolecular Hbond substituents is 2. The number of fused-ring (bicyclic) bond motifs is 9. The lowest BCUT2D eigenvalue weighted by Gasteiger charge is -2.59. The lowest BCUT2D eigenvalue weighted by Crippen LogP contribution is -2.70. The summed E-state index contributed by atoms with van der Waals surface area (Å²) in [4.78, 5) is 31.9. The number of aryl methyl sites for hydroxylation is 1. The van der Waals surface area contributed by atoms with Gasteiger partial charge in [0, 0.05) is 54.1 Å². The molecule has 15 nitrogen and oxygen atoms in total. The van der Waals surface area contributed by atoms with Gasteiger partial charge < -0.3 is 54.2 Å². The Morgan fingerprint density at radius 2 is 1.82 bits per heavy atom. The minimum Gasteiger partial charge on any atom is -0.504 e. The van der Waals surface area contributed by atoms with Crippen LogP contribution in [0.5, 0.6) is 40.2 Å². The van der Waals surface area contributed by atoms with E-state index in [-0.39, 0.29) is 49.6 Å². The number of aliphatic hydroxyl groups excluding tert-OH is 2. The van der Waals surface area contributed by atoms with Crippen molar-refractivity contribution >= 4 is 23.7 Å². The minimum atomic E-state index is -1.46. The van der Waals surface area contributed by atoms with Gasteiger partial charge in [-0.3, -0.25) is 14.6 Å². The van der Waals surface area contributed by atoms with Crippen LogP contribution >= 0.6 is 11.8 Å². The summed E-state index contributed by atoms with van der Waals surface area (Å²) in [6, 6.07) is 2.77. The molecule has 298 valence electrons. The molecule has 0 aromatic heterocycles. The van der Waals surface area contributed by atoms with E-state index in [1.165, 1.54) is 32.9 Å². The second kappa shape index (κ2) is 13.6. The van der Waals surface area contributed by atoms with Crippen LogP contribution in [0.15, 0.2) is 18.2 Å². The van der Waals surface area contributed by atoms with Crippen LogP contribution in [0.4, 0.5) is 0 Å². The lowest BCUT2D eigenvalue weighted by atomic mass is 9.74. The zero-order valence-corrected chi connectivity index (χ0v) is 32.5. The van der Waals surface area contributed by atoms with Crippen LogP contribution in [0.25, 0.3) is 0 Å². The first-order valence-electron chi connectivity index (χ1n) is 18.7. The molecule has 1 spiro atoms. The van der Waals surface area contributed by atoms with Crippen LogP contribution in [0.2, 0.25) is 0 Å². The van der Waals surface area contributed by atoms with Crippen molar-refractivity contribution < 1.29 is 58.4 Å². The van der Waals surface area contributed by atoms with Gasteiger partial charge in [-0.15, -0.1) is 11.8 Å². The average molecular weight is 792 g/mol. The fourth-order valence-electron chi connectivity index (χ4n) is 10.2. The number of rotatable bonds is 5. The molecule has 7 aliphatic rings. The molecular weight excluding hydrogens is 747 g/mol. The zero-order valence-electron chi connectivity index (χ0n) is 31.7. The number of ether oxygens (including phenoxy) is 6. The number of methoxy groups -OCH3 is 2. The first kappa shape index (κ1) is 37.1. The van der Waals surface area contributed by atoms with Crippen molar-refractivity contribution in [2.45, 2.75) is 74.8 Å². The maximum atomic E-state index is 15.1. The van der Waals surface area contributed by atoms with Crippen molar-refractivity contribution in [1.82, 2.24) is 15.1 Å². The minimum absolute atomic E-state index is 0.000173. The van der Waals surface area contributed by atoms with E-state index >= 15 is 4.79 Å². The van der Waals surface area contributed by atoms with Crippen LogP contribution in [-0.4, -0.2) is 114 Å². The number of aromatic hydroxyl groups is 2. The number of β-amino-alcohol motifs (C(OH)–C–C–N with tert-alkyl or cyclic N) is 1. The van der Waals surface area contributed by atoms with E-state index in [0.717, 1.165) is 16.7 Å². The van der Waals surface area contributed by atoms with Gasteiger partial charge in [-0.2, -0.15) is 0 Å². The maximum absolute atomic E-state index is 15.1. The van der Waals surface area contributed by atoms with E-state index < -0.39 is 53.1 Å². The molecule has 3 aromatic carbocycles. The Morgan fingerprint density at radius 1 is 1.04 bits per heavy atom. The molecule has 7 atom stereocenters. The Balaban J connectivity index is 1.32. The Kier molecular flexibility index (Phi) is 9.02. The summed E-state index contributed by atoms with van der Waals surface area (Å²) < 4.78 is 36.0. The number of hydrogen-bond donors (Lipinski definition) is 5. The molecule has 0 unspecified atom stereocenters. The zero-order chi connectivity index (χ0) is 39.4. The third-order valence-corrected chi connectivity index (χ3v) is 13.9. The number of benzene rings is 3. The van der Waals surface area contributed by atoms with Crippen molar-refractivity contribution in [3.8, 4) is 40.2 Å². The van der Waals surface area contributed by atoms with Crippen LogP contribution in [-0.2, 0) is 32.7 Å². The number of carbonyl (C=O) groups is 2. The lowest BCUT2D eigenvalue weighted by molar-refractivity contribution is -0.170. The van der Waals surface area contributed by atoms with Gasteiger partial charge in [0.05, 0.1) is 44.2 Å². The second-order valence-electron chi connectivity index (χ2n) is 15.2. The van der Waals surface area contributed by atoms with E-state index in [0.29, 0.717) is 70.2 Å². The number of carbonyl (C=O) groups excluding carboxylic acids is 2. The van der Waals surface area contributed by atoms with Crippen LogP contribution in [0, 0.1) is 13.8 Å². The molecule has 7 aliphatic heterocycles. The number of esters is 2. The molecule has 10 rings (SSSR count). The predicted octanol–water partition coefficient (Wildman–Crippen LogP) is 2.78. The molecule has 4 bridgehead atoms. The highest BCUT2D eigenvalue weighted by Crippen LogP contribution is 2.63. The highest BCUT2D eigenvalue weighted by atomic mass is 32.2.